The maximum absolute atomic E-state index is 11.7. The van der Waals surface area contributed by atoms with Gasteiger partial charge in [0, 0.05) is 6.07 Å². The van der Waals surface area contributed by atoms with Gasteiger partial charge < -0.3 is 9.47 Å². The van der Waals surface area contributed by atoms with E-state index in [9.17, 15) is 19.7 Å². The van der Waals surface area contributed by atoms with E-state index in [0.717, 1.165) is 12.3 Å². The van der Waals surface area contributed by atoms with Crippen molar-refractivity contribution in [3.05, 3.63) is 33.6 Å². The van der Waals surface area contributed by atoms with E-state index < -0.39 is 16.9 Å². The Morgan fingerprint density at radius 3 is 2.50 bits per heavy atom. The van der Waals surface area contributed by atoms with Crippen LogP contribution in [0.1, 0.15) is 29.9 Å². The lowest BCUT2D eigenvalue weighted by molar-refractivity contribution is -0.385. The number of ether oxygens (including phenoxy) is 2. The van der Waals surface area contributed by atoms with Crippen LogP contribution in [0.25, 0.3) is 0 Å². The van der Waals surface area contributed by atoms with Crippen LogP contribution in [-0.2, 0) is 20.7 Å². The molecular formula is C12H14N2O6. The Morgan fingerprint density at radius 1 is 1.30 bits per heavy atom. The molecule has 8 nitrogen and oxygen atoms in total. The highest BCUT2D eigenvalue weighted by atomic mass is 16.6. The molecule has 0 unspecified atom stereocenters. The van der Waals surface area contributed by atoms with E-state index in [0.29, 0.717) is 0 Å². The molecule has 0 N–H and O–H groups in total. The molecule has 1 aromatic heterocycles. The molecule has 0 fully saturated rings. The van der Waals surface area contributed by atoms with Gasteiger partial charge in [0.05, 0.1) is 35.8 Å². The Bertz CT molecular complexity index is 529. The van der Waals surface area contributed by atoms with Crippen LogP contribution in [0, 0.1) is 10.1 Å². The zero-order valence-corrected chi connectivity index (χ0v) is 11.1. The maximum Gasteiger partial charge on any atom is 0.340 e. The first-order chi connectivity index (χ1) is 9.49. The summed E-state index contributed by atoms with van der Waals surface area (Å²) in [5.74, 6) is -1.33. The van der Waals surface area contributed by atoms with Gasteiger partial charge in [-0.15, -0.1) is 0 Å². The van der Waals surface area contributed by atoms with Crippen LogP contribution in [0.2, 0.25) is 0 Å². The van der Waals surface area contributed by atoms with Crippen molar-refractivity contribution < 1.29 is 24.0 Å². The van der Waals surface area contributed by atoms with Gasteiger partial charge in [-0.3, -0.25) is 19.9 Å². The fourth-order valence-electron chi connectivity index (χ4n) is 1.46. The number of hydrogen-bond acceptors (Lipinski definition) is 7. The van der Waals surface area contributed by atoms with Crippen molar-refractivity contribution in [3.8, 4) is 0 Å². The summed E-state index contributed by atoms with van der Waals surface area (Å²) in [7, 11) is 0. The summed E-state index contributed by atoms with van der Waals surface area (Å²) in [5.41, 5.74) is -0.359. The van der Waals surface area contributed by atoms with E-state index in [4.69, 9.17) is 9.47 Å². The van der Waals surface area contributed by atoms with Crippen LogP contribution < -0.4 is 0 Å². The van der Waals surface area contributed by atoms with Gasteiger partial charge >= 0.3 is 11.9 Å². The summed E-state index contributed by atoms with van der Waals surface area (Å²) < 4.78 is 9.54. The summed E-state index contributed by atoms with van der Waals surface area (Å²) in [6.45, 7) is 3.56. The Kier molecular flexibility index (Phi) is 5.57. The topological polar surface area (TPSA) is 109 Å². The van der Waals surface area contributed by atoms with Crippen LogP contribution in [-0.4, -0.2) is 35.1 Å². The molecule has 0 aliphatic rings. The molecule has 0 aliphatic heterocycles. The van der Waals surface area contributed by atoms with Crippen molar-refractivity contribution in [2.24, 2.45) is 0 Å². The largest absolute Gasteiger partial charge is 0.466 e. The summed E-state index contributed by atoms with van der Waals surface area (Å²) in [6.07, 6.45) is 0.733. The predicted molar refractivity (Wildman–Crippen MR) is 67.2 cm³/mol. The van der Waals surface area contributed by atoms with E-state index in [1.807, 2.05) is 0 Å². The third-order valence-corrected chi connectivity index (χ3v) is 2.28. The number of pyridine rings is 1. The lowest BCUT2D eigenvalue weighted by atomic mass is 10.1. The smallest absolute Gasteiger partial charge is 0.340 e. The van der Waals surface area contributed by atoms with Gasteiger partial charge in [0.15, 0.2) is 0 Å². The normalized spacial score (nSPS) is 9.90. The molecular weight excluding hydrogens is 268 g/mol. The van der Waals surface area contributed by atoms with Gasteiger partial charge in [-0.05, 0) is 13.8 Å². The van der Waals surface area contributed by atoms with Crippen LogP contribution in [0.4, 0.5) is 5.69 Å². The molecule has 0 bridgehead atoms. The van der Waals surface area contributed by atoms with Gasteiger partial charge in [0.2, 0.25) is 0 Å². The quantitative estimate of drug-likeness (QED) is 0.439. The van der Waals surface area contributed by atoms with Gasteiger partial charge in [-0.25, -0.2) is 4.79 Å². The second-order valence-electron chi connectivity index (χ2n) is 3.65. The SMILES string of the molecule is CCOC(=O)Cc1ncc([N+](=O)[O-])cc1C(=O)OCC. The second kappa shape index (κ2) is 7.17. The van der Waals surface area contributed by atoms with Crippen molar-refractivity contribution in [3.63, 3.8) is 0 Å². The zero-order chi connectivity index (χ0) is 15.1. The summed E-state index contributed by atoms with van der Waals surface area (Å²) in [6, 6.07) is 1.04. The number of esters is 2. The van der Waals surface area contributed by atoms with E-state index in [2.05, 4.69) is 4.98 Å². The first kappa shape index (κ1) is 15.5. The Hall–Kier alpha value is -2.51. The average molecular weight is 282 g/mol. The predicted octanol–water partition coefficient (Wildman–Crippen LogP) is 1.27. The van der Waals surface area contributed by atoms with Crippen molar-refractivity contribution in [2.45, 2.75) is 20.3 Å². The summed E-state index contributed by atoms with van der Waals surface area (Å²) in [4.78, 5) is 37.0. The number of nitro groups is 1. The number of carbonyl (C=O) groups is 2. The number of rotatable bonds is 6. The van der Waals surface area contributed by atoms with E-state index in [1.165, 1.54) is 0 Å². The minimum absolute atomic E-state index is 0.0903. The van der Waals surface area contributed by atoms with Crippen LogP contribution in [0.15, 0.2) is 12.3 Å². The molecule has 0 spiro atoms. The minimum Gasteiger partial charge on any atom is -0.466 e. The lowest BCUT2D eigenvalue weighted by Gasteiger charge is -2.07. The third-order valence-electron chi connectivity index (χ3n) is 2.28. The van der Waals surface area contributed by atoms with E-state index in [-0.39, 0.29) is 36.6 Å². The van der Waals surface area contributed by atoms with Gasteiger partial charge in [-0.2, -0.15) is 0 Å². The van der Waals surface area contributed by atoms with Crippen LogP contribution in [0.5, 0.6) is 0 Å². The molecule has 0 amide bonds. The average Bonchev–Trinajstić information content (AvgIpc) is 2.39. The Morgan fingerprint density at radius 2 is 1.95 bits per heavy atom. The molecule has 108 valence electrons. The molecule has 20 heavy (non-hydrogen) atoms. The molecule has 0 saturated heterocycles. The number of nitrogens with zero attached hydrogens (tertiary/aromatic N) is 2. The monoisotopic (exact) mass is 282 g/mol. The standard InChI is InChI=1S/C12H14N2O6/c1-3-19-11(15)6-10-9(12(16)20-4-2)5-8(7-13-10)14(17)18/h5,7H,3-4,6H2,1-2H3. The van der Waals surface area contributed by atoms with E-state index >= 15 is 0 Å². The van der Waals surface area contributed by atoms with Crippen LogP contribution >= 0.6 is 0 Å². The highest BCUT2D eigenvalue weighted by Crippen LogP contribution is 2.17. The number of carbonyl (C=O) groups excluding carboxylic acids is 2. The fraction of sp³-hybridized carbons (Fsp3) is 0.417. The molecule has 1 rings (SSSR count). The first-order valence-corrected chi connectivity index (χ1v) is 5.95. The molecule has 1 heterocycles. The van der Waals surface area contributed by atoms with Gasteiger partial charge in [0.1, 0.15) is 6.20 Å². The van der Waals surface area contributed by atoms with Crippen molar-refractivity contribution in [2.75, 3.05) is 13.2 Å². The summed E-state index contributed by atoms with van der Waals surface area (Å²) in [5, 5.41) is 10.7. The van der Waals surface area contributed by atoms with E-state index in [1.54, 1.807) is 13.8 Å². The van der Waals surface area contributed by atoms with Crippen molar-refractivity contribution in [1.82, 2.24) is 4.98 Å². The molecule has 0 radical (unpaired) electrons. The molecule has 1 aromatic rings. The number of hydrogen-bond donors (Lipinski definition) is 0. The van der Waals surface area contributed by atoms with Crippen molar-refractivity contribution >= 4 is 17.6 Å². The molecule has 0 aromatic carbocycles. The molecule has 0 atom stereocenters. The Balaban J connectivity index is 3.11. The van der Waals surface area contributed by atoms with Gasteiger partial charge in [-0.1, -0.05) is 0 Å². The fourth-order valence-corrected chi connectivity index (χ4v) is 1.46. The minimum atomic E-state index is -0.761. The third kappa shape index (κ3) is 4.01. The molecule has 0 aliphatic carbocycles. The number of aromatic nitrogens is 1. The van der Waals surface area contributed by atoms with Gasteiger partial charge in [0.25, 0.3) is 5.69 Å². The highest BCUT2D eigenvalue weighted by molar-refractivity contribution is 5.92. The van der Waals surface area contributed by atoms with Crippen LogP contribution in [0.3, 0.4) is 0 Å². The summed E-state index contributed by atoms with van der Waals surface area (Å²) >= 11 is 0. The van der Waals surface area contributed by atoms with Crippen molar-refractivity contribution in [1.29, 1.82) is 0 Å². The highest BCUT2D eigenvalue weighted by Gasteiger charge is 2.21. The Labute approximate surface area is 114 Å². The maximum atomic E-state index is 11.7. The second-order valence-corrected chi connectivity index (χ2v) is 3.65. The lowest BCUT2D eigenvalue weighted by Crippen LogP contribution is -2.15. The zero-order valence-electron chi connectivity index (χ0n) is 11.1. The molecule has 0 saturated carbocycles. The molecule has 8 heteroatoms. The first-order valence-electron chi connectivity index (χ1n) is 5.95.